The summed E-state index contributed by atoms with van der Waals surface area (Å²) >= 11 is 2.23. The van der Waals surface area contributed by atoms with Crippen molar-refractivity contribution < 1.29 is 9.84 Å². The Labute approximate surface area is 107 Å². The van der Waals surface area contributed by atoms with Gasteiger partial charge in [-0.05, 0) is 39.8 Å². The van der Waals surface area contributed by atoms with Crippen molar-refractivity contribution in [3.05, 3.63) is 43.8 Å². The third-order valence-electron chi connectivity index (χ3n) is 1.88. The van der Waals surface area contributed by atoms with E-state index in [-0.39, 0.29) is 13.2 Å². The molecule has 1 aromatic rings. The number of ether oxygens (including phenoxy) is 1. The fourth-order valence-electron chi connectivity index (χ4n) is 1.10. The molecule has 1 unspecified atom stereocenters. The molecule has 1 atom stereocenters. The van der Waals surface area contributed by atoms with E-state index in [1.54, 1.807) is 0 Å². The lowest BCUT2D eigenvalue weighted by atomic mass is 10.2. The van der Waals surface area contributed by atoms with Crippen LogP contribution in [0.15, 0.2) is 29.4 Å². The van der Waals surface area contributed by atoms with E-state index in [1.807, 2.05) is 24.3 Å². The fraction of sp³-hybridized carbons (Fsp3) is 0.400. The highest BCUT2D eigenvalue weighted by atomic mass is 127. The number of hydrogen-bond donors (Lipinski definition) is 1. The maximum Gasteiger partial charge on any atom is 0.0830 e. The molecule has 1 aromatic carbocycles. The van der Waals surface area contributed by atoms with Crippen molar-refractivity contribution in [2.45, 2.75) is 12.7 Å². The number of azide groups is 1. The monoisotopic (exact) mass is 333 g/mol. The van der Waals surface area contributed by atoms with Gasteiger partial charge in [-0.3, -0.25) is 0 Å². The van der Waals surface area contributed by atoms with Gasteiger partial charge in [0.25, 0.3) is 0 Å². The average Bonchev–Trinajstić information content (AvgIpc) is 2.29. The van der Waals surface area contributed by atoms with Crippen LogP contribution in [-0.2, 0) is 11.3 Å². The zero-order valence-corrected chi connectivity index (χ0v) is 10.7. The normalized spacial score (nSPS) is 11.9. The molecular weight excluding hydrogens is 321 g/mol. The molecule has 0 spiro atoms. The molecule has 0 bridgehead atoms. The lowest BCUT2D eigenvalue weighted by Crippen LogP contribution is -2.18. The van der Waals surface area contributed by atoms with Crippen LogP contribution < -0.4 is 0 Å². The first-order valence-electron chi connectivity index (χ1n) is 4.74. The third-order valence-corrected chi connectivity index (χ3v) is 2.93. The molecule has 1 N–H and O–H groups in total. The van der Waals surface area contributed by atoms with Gasteiger partial charge < -0.3 is 9.84 Å². The zero-order valence-electron chi connectivity index (χ0n) is 8.58. The fourth-order valence-corrected chi connectivity index (χ4v) is 1.65. The molecule has 0 aliphatic carbocycles. The first-order valence-corrected chi connectivity index (χ1v) is 5.82. The van der Waals surface area contributed by atoms with E-state index in [0.717, 1.165) is 9.13 Å². The molecule has 0 fully saturated rings. The first-order chi connectivity index (χ1) is 7.74. The van der Waals surface area contributed by atoms with E-state index in [9.17, 15) is 5.11 Å². The van der Waals surface area contributed by atoms with Crippen LogP contribution in [0.3, 0.4) is 0 Å². The average molecular weight is 333 g/mol. The number of halogens is 1. The Bertz CT molecular complexity index is 380. The van der Waals surface area contributed by atoms with E-state index >= 15 is 0 Å². The number of aliphatic hydroxyl groups is 1. The number of nitrogens with zero attached hydrogens (tertiary/aromatic N) is 3. The Morgan fingerprint density at radius 2 is 2.25 bits per heavy atom. The third kappa shape index (κ3) is 4.80. The van der Waals surface area contributed by atoms with Crippen molar-refractivity contribution in [3.63, 3.8) is 0 Å². The number of rotatable bonds is 6. The second-order valence-corrected chi connectivity index (χ2v) is 4.34. The topological polar surface area (TPSA) is 78.2 Å². The summed E-state index contributed by atoms with van der Waals surface area (Å²) < 4.78 is 6.45. The minimum atomic E-state index is -0.739. The molecule has 0 aliphatic heterocycles. The van der Waals surface area contributed by atoms with Gasteiger partial charge in [-0.2, -0.15) is 0 Å². The highest BCUT2D eigenvalue weighted by Gasteiger charge is 2.03. The van der Waals surface area contributed by atoms with Crippen LogP contribution in [0.25, 0.3) is 10.4 Å². The molecule has 16 heavy (non-hydrogen) atoms. The maximum atomic E-state index is 9.34. The van der Waals surface area contributed by atoms with Gasteiger partial charge >= 0.3 is 0 Å². The summed E-state index contributed by atoms with van der Waals surface area (Å²) in [5, 5.41) is 12.6. The summed E-state index contributed by atoms with van der Waals surface area (Å²) in [7, 11) is 0. The number of hydrogen-bond acceptors (Lipinski definition) is 3. The van der Waals surface area contributed by atoms with Crippen LogP contribution in [0.2, 0.25) is 0 Å². The van der Waals surface area contributed by atoms with Gasteiger partial charge in [-0.15, -0.1) is 0 Å². The first kappa shape index (κ1) is 13.2. The predicted molar refractivity (Wildman–Crippen MR) is 68.8 cm³/mol. The van der Waals surface area contributed by atoms with Gasteiger partial charge in [0.2, 0.25) is 0 Å². The van der Waals surface area contributed by atoms with Gasteiger partial charge in [0, 0.05) is 8.48 Å². The van der Waals surface area contributed by atoms with Gasteiger partial charge in [-0.25, -0.2) is 0 Å². The van der Waals surface area contributed by atoms with Crippen molar-refractivity contribution in [2.75, 3.05) is 13.2 Å². The van der Waals surface area contributed by atoms with Crippen LogP contribution in [0.1, 0.15) is 5.56 Å². The minimum absolute atomic E-state index is 0.0440. The van der Waals surface area contributed by atoms with Crippen molar-refractivity contribution in [2.24, 2.45) is 5.11 Å². The maximum absolute atomic E-state index is 9.34. The Kier molecular flexibility index (Phi) is 6.17. The summed E-state index contributed by atoms with van der Waals surface area (Å²) in [6, 6.07) is 7.87. The molecule has 1 rings (SSSR count). The van der Waals surface area contributed by atoms with Crippen LogP contribution in [-0.4, -0.2) is 24.4 Å². The molecule has 0 saturated heterocycles. The Morgan fingerprint density at radius 1 is 1.50 bits per heavy atom. The van der Waals surface area contributed by atoms with E-state index in [1.165, 1.54) is 0 Å². The summed E-state index contributed by atoms with van der Waals surface area (Å²) in [6.45, 7) is 0.665. The SMILES string of the molecule is [N-]=[N+]=NCC(O)COCc1ccccc1I. The van der Waals surface area contributed by atoms with Gasteiger partial charge in [0.1, 0.15) is 0 Å². The molecule has 0 heterocycles. The van der Waals surface area contributed by atoms with Crippen LogP contribution >= 0.6 is 22.6 Å². The van der Waals surface area contributed by atoms with Gasteiger partial charge in [-0.1, -0.05) is 23.3 Å². The lowest BCUT2D eigenvalue weighted by molar-refractivity contribution is 0.0327. The quantitative estimate of drug-likeness (QED) is 0.376. The molecule has 0 aliphatic rings. The largest absolute Gasteiger partial charge is 0.391 e. The van der Waals surface area contributed by atoms with E-state index in [2.05, 4.69) is 32.6 Å². The number of aliphatic hydroxyl groups excluding tert-OH is 1. The van der Waals surface area contributed by atoms with Crippen LogP contribution in [0.4, 0.5) is 0 Å². The molecule has 0 aromatic heterocycles. The Hall–Kier alpha value is -0.820. The summed E-state index contributed by atoms with van der Waals surface area (Å²) in [6.07, 6.45) is -0.739. The second-order valence-electron chi connectivity index (χ2n) is 3.17. The van der Waals surface area contributed by atoms with Gasteiger partial charge in [0.05, 0.1) is 25.9 Å². The highest BCUT2D eigenvalue weighted by molar-refractivity contribution is 14.1. The van der Waals surface area contributed by atoms with E-state index in [0.29, 0.717) is 6.61 Å². The standard InChI is InChI=1S/C10H12IN3O2/c11-10-4-2-1-3-8(10)6-16-7-9(15)5-13-14-12/h1-4,9,15H,5-7H2. The van der Waals surface area contributed by atoms with Crippen molar-refractivity contribution in [3.8, 4) is 0 Å². The smallest absolute Gasteiger partial charge is 0.0830 e. The van der Waals surface area contributed by atoms with Crippen LogP contribution in [0.5, 0.6) is 0 Å². The lowest BCUT2D eigenvalue weighted by Gasteiger charge is -2.09. The highest BCUT2D eigenvalue weighted by Crippen LogP contribution is 2.12. The molecule has 86 valence electrons. The van der Waals surface area contributed by atoms with Gasteiger partial charge in [0.15, 0.2) is 0 Å². The zero-order chi connectivity index (χ0) is 11.8. The molecule has 6 heteroatoms. The second kappa shape index (κ2) is 7.45. The predicted octanol–water partition coefficient (Wildman–Crippen LogP) is 2.48. The number of benzene rings is 1. The van der Waals surface area contributed by atoms with E-state index in [4.69, 9.17) is 10.3 Å². The Morgan fingerprint density at radius 3 is 2.94 bits per heavy atom. The van der Waals surface area contributed by atoms with Crippen molar-refractivity contribution in [1.29, 1.82) is 0 Å². The summed E-state index contributed by atoms with van der Waals surface area (Å²) in [4.78, 5) is 2.56. The summed E-state index contributed by atoms with van der Waals surface area (Å²) in [5.74, 6) is 0. The van der Waals surface area contributed by atoms with Crippen molar-refractivity contribution >= 4 is 22.6 Å². The molecule has 0 radical (unpaired) electrons. The molecule has 5 nitrogen and oxygen atoms in total. The molecule has 0 saturated carbocycles. The Balaban J connectivity index is 2.30. The van der Waals surface area contributed by atoms with E-state index < -0.39 is 6.10 Å². The van der Waals surface area contributed by atoms with Crippen molar-refractivity contribution in [1.82, 2.24) is 0 Å². The molecule has 0 amide bonds. The minimum Gasteiger partial charge on any atom is -0.391 e. The van der Waals surface area contributed by atoms with Crippen LogP contribution in [0, 0.1) is 3.57 Å². The molecular formula is C10H12IN3O2. The summed E-state index contributed by atoms with van der Waals surface area (Å²) in [5.41, 5.74) is 9.14.